The van der Waals surface area contributed by atoms with Crippen LogP contribution in [0.2, 0.25) is 0 Å². The van der Waals surface area contributed by atoms with Crippen LogP contribution in [0, 0.1) is 0 Å². The van der Waals surface area contributed by atoms with Crippen LogP contribution in [0.15, 0.2) is 0 Å². The van der Waals surface area contributed by atoms with E-state index >= 15 is 0 Å². The van der Waals surface area contributed by atoms with Gasteiger partial charge in [-0.25, -0.2) is 8.42 Å². The van der Waals surface area contributed by atoms with Crippen molar-refractivity contribution in [3.05, 3.63) is 0 Å². The molecule has 1 aliphatic heterocycles. The molecule has 0 spiro atoms. The molecule has 0 N–H and O–H groups in total. The summed E-state index contributed by atoms with van der Waals surface area (Å²) in [6, 6.07) is 0.572. The second-order valence-electron chi connectivity index (χ2n) is 4.79. The Hall–Kier alpha value is -0.130. The predicted molar refractivity (Wildman–Crippen MR) is 67.5 cm³/mol. The Morgan fingerprint density at radius 3 is 2.31 bits per heavy atom. The van der Waals surface area contributed by atoms with Crippen molar-refractivity contribution in [2.24, 2.45) is 0 Å². The van der Waals surface area contributed by atoms with Crippen molar-refractivity contribution in [1.82, 2.24) is 9.80 Å². The number of hydrogen-bond donors (Lipinski definition) is 0. The summed E-state index contributed by atoms with van der Waals surface area (Å²) >= 11 is 0. The van der Waals surface area contributed by atoms with Gasteiger partial charge in [-0.2, -0.15) is 0 Å². The monoisotopic (exact) mass is 248 g/mol. The lowest BCUT2D eigenvalue weighted by molar-refractivity contribution is 0.132. The van der Waals surface area contributed by atoms with Crippen molar-refractivity contribution in [3.63, 3.8) is 0 Å². The number of hydrogen-bond acceptors (Lipinski definition) is 4. The molecule has 96 valence electrons. The normalized spacial score (nSPS) is 20.5. The average molecular weight is 248 g/mol. The van der Waals surface area contributed by atoms with Gasteiger partial charge in [0.05, 0.1) is 5.75 Å². The summed E-state index contributed by atoms with van der Waals surface area (Å²) in [6.45, 7) is 5.99. The maximum absolute atomic E-state index is 11.2. The number of nitrogens with zero attached hydrogens (tertiary/aromatic N) is 2. The summed E-state index contributed by atoms with van der Waals surface area (Å²) in [5.74, 6) is 0.285. The van der Waals surface area contributed by atoms with E-state index in [1.54, 1.807) is 0 Å². The molecule has 1 heterocycles. The van der Waals surface area contributed by atoms with Crippen molar-refractivity contribution >= 4 is 9.84 Å². The minimum absolute atomic E-state index is 0.285. The largest absolute Gasteiger partial charge is 0.306 e. The first kappa shape index (κ1) is 13.9. The van der Waals surface area contributed by atoms with E-state index in [1.165, 1.54) is 6.26 Å². The van der Waals surface area contributed by atoms with E-state index in [0.29, 0.717) is 12.6 Å². The molecule has 1 aliphatic rings. The van der Waals surface area contributed by atoms with Gasteiger partial charge in [-0.05, 0) is 39.5 Å². The highest BCUT2D eigenvalue weighted by Crippen LogP contribution is 2.15. The van der Waals surface area contributed by atoms with Crippen molar-refractivity contribution < 1.29 is 8.42 Å². The lowest BCUT2D eigenvalue weighted by atomic mass is 10.0. The highest BCUT2D eigenvalue weighted by molar-refractivity contribution is 7.90. The first-order chi connectivity index (χ1) is 7.42. The van der Waals surface area contributed by atoms with Crippen molar-refractivity contribution in [1.29, 1.82) is 0 Å². The summed E-state index contributed by atoms with van der Waals surface area (Å²) in [6.07, 6.45) is 3.64. The molecular formula is C11H24N2O2S. The molecule has 1 rings (SSSR count). The third kappa shape index (κ3) is 4.80. The molecule has 1 saturated heterocycles. The average Bonchev–Trinajstić information content (AvgIpc) is 2.20. The van der Waals surface area contributed by atoms with Crippen LogP contribution in [0.3, 0.4) is 0 Å². The van der Waals surface area contributed by atoms with E-state index in [-0.39, 0.29) is 5.75 Å². The molecule has 1 fully saturated rings. The van der Waals surface area contributed by atoms with Crippen molar-refractivity contribution in [2.75, 3.05) is 45.2 Å². The molecule has 0 aromatic carbocycles. The van der Waals surface area contributed by atoms with E-state index in [4.69, 9.17) is 0 Å². The Morgan fingerprint density at radius 1 is 1.31 bits per heavy atom. The summed E-state index contributed by atoms with van der Waals surface area (Å²) in [5.41, 5.74) is 0. The molecular weight excluding hydrogens is 224 g/mol. The smallest absolute Gasteiger partial charge is 0.148 e. The molecule has 0 radical (unpaired) electrons. The van der Waals surface area contributed by atoms with E-state index in [1.807, 2.05) is 0 Å². The van der Waals surface area contributed by atoms with Gasteiger partial charge in [0.25, 0.3) is 0 Å². The third-order valence-electron chi connectivity index (χ3n) is 3.36. The molecule has 0 aromatic rings. The first-order valence-electron chi connectivity index (χ1n) is 6.02. The fourth-order valence-electron chi connectivity index (χ4n) is 2.24. The number of rotatable bonds is 5. The molecule has 5 heteroatoms. The van der Waals surface area contributed by atoms with Gasteiger partial charge >= 0.3 is 0 Å². The number of piperidine rings is 1. The molecule has 0 atom stereocenters. The van der Waals surface area contributed by atoms with E-state index in [0.717, 1.165) is 32.5 Å². The Balaban J connectivity index is 2.42. The second-order valence-corrected chi connectivity index (χ2v) is 7.05. The highest BCUT2D eigenvalue weighted by Gasteiger charge is 2.22. The first-order valence-corrected chi connectivity index (χ1v) is 8.08. The number of sulfone groups is 1. The van der Waals surface area contributed by atoms with Crippen LogP contribution in [0.5, 0.6) is 0 Å². The summed E-state index contributed by atoms with van der Waals surface area (Å²) in [5, 5.41) is 0. The molecule has 0 saturated carbocycles. The SMILES string of the molecule is CCN(CCS(C)(=O)=O)C1CCN(C)CC1. The zero-order chi connectivity index (χ0) is 12.2. The van der Waals surface area contributed by atoms with Crippen molar-refractivity contribution in [2.45, 2.75) is 25.8 Å². The molecule has 16 heavy (non-hydrogen) atoms. The lowest BCUT2D eigenvalue weighted by Gasteiger charge is -2.36. The standard InChI is InChI=1S/C11H24N2O2S/c1-4-13(9-10-16(3,14)15)11-5-7-12(2)8-6-11/h11H,4-10H2,1-3H3. The van der Waals surface area contributed by atoms with Crippen LogP contribution >= 0.6 is 0 Å². The minimum atomic E-state index is -2.83. The van der Waals surface area contributed by atoms with E-state index in [2.05, 4.69) is 23.8 Å². The Labute approximate surface area is 99.5 Å². The molecule has 0 unspecified atom stereocenters. The Morgan fingerprint density at radius 2 is 1.88 bits per heavy atom. The van der Waals surface area contributed by atoms with E-state index < -0.39 is 9.84 Å². The van der Waals surface area contributed by atoms with Crippen LogP contribution in [0.1, 0.15) is 19.8 Å². The Bertz CT molecular complexity index is 295. The lowest BCUT2D eigenvalue weighted by Crippen LogP contribution is -2.45. The molecule has 0 bridgehead atoms. The van der Waals surface area contributed by atoms with Gasteiger partial charge in [-0.15, -0.1) is 0 Å². The summed E-state index contributed by atoms with van der Waals surface area (Å²) in [7, 11) is -0.689. The van der Waals surface area contributed by atoms with Gasteiger partial charge in [0, 0.05) is 18.8 Å². The Kier molecular flexibility index (Phi) is 5.21. The predicted octanol–water partition coefficient (Wildman–Crippen LogP) is 0.447. The molecule has 0 aliphatic carbocycles. The maximum atomic E-state index is 11.2. The molecule has 0 amide bonds. The van der Waals surface area contributed by atoms with Gasteiger partial charge in [0.2, 0.25) is 0 Å². The van der Waals surface area contributed by atoms with Gasteiger partial charge < -0.3 is 4.90 Å². The van der Waals surface area contributed by atoms with Gasteiger partial charge in [-0.1, -0.05) is 6.92 Å². The fourth-order valence-corrected chi connectivity index (χ4v) is 2.81. The van der Waals surface area contributed by atoms with Gasteiger partial charge in [0.1, 0.15) is 9.84 Å². The van der Waals surface area contributed by atoms with Crippen LogP contribution < -0.4 is 0 Å². The zero-order valence-electron chi connectivity index (χ0n) is 10.6. The topological polar surface area (TPSA) is 40.6 Å². The zero-order valence-corrected chi connectivity index (χ0v) is 11.5. The van der Waals surface area contributed by atoms with Crippen LogP contribution in [-0.2, 0) is 9.84 Å². The molecule has 4 nitrogen and oxygen atoms in total. The summed E-state index contributed by atoms with van der Waals surface area (Å²) < 4.78 is 22.3. The van der Waals surface area contributed by atoms with Crippen LogP contribution in [0.25, 0.3) is 0 Å². The third-order valence-corrected chi connectivity index (χ3v) is 4.28. The van der Waals surface area contributed by atoms with Gasteiger partial charge in [0.15, 0.2) is 0 Å². The van der Waals surface area contributed by atoms with E-state index in [9.17, 15) is 8.42 Å². The van der Waals surface area contributed by atoms with Crippen LogP contribution in [-0.4, -0.2) is 69.5 Å². The van der Waals surface area contributed by atoms with Gasteiger partial charge in [-0.3, -0.25) is 4.90 Å². The fraction of sp³-hybridized carbons (Fsp3) is 1.00. The molecule has 0 aromatic heterocycles. The number of likely N-dealkylation sites (tertiary alicyclic amines) is 1. The van der Waals surface area contributed by atoms with Crippen molar-refractivity contribution in [3.8, 4) is 0 Å². The second kappa shape index (κ2) is 5.98. The quantitative estimate of drug-likeness (QED) is 0.708. The highest BCUT2D eigenvalue weighted by atomic mass is 32.2. The minimum Gasteiger partial charge on any atom is -0.306 e. The summed E-state index contributed by atoms with van der Waals surface area (Å²) in [4.78, 5) is 4.65. The van der Waals surface area contributed by atoms with Crippen LogP contribution in [0.4, 0.5) is 0 Å². The maximum Gasteiger partial charge on any atom is 0.148 e.